The van der Waals surface area contributed by atoms with E-state index in [4.69, 9.17) is 9.47 Å². The molecular weight excluding hydrogens is 252 g/mol. The van der Waals surface area contributed by atoms with Gasteiger partial charge < -0.3 is 14.8 Å². The Labute approximate surface area is 120 Å². The average Bonchev–Trinajstić information content (AvgIpc) is 2.55. The summed E-state index contributed by atoms with van der Waals surface area (Å²) in [4.78, 5) is 0. The Morgan fingerprint density at radius 2 is 1.80 bits per heavy atom. The molecular formula is C16H22N2O2. The van der Waals surface area contributed by atoms with Crippen molar-refractivity contribution in [3.05, 3.63) is 24.3 Å². The van der Waals surface area contributed by atoms with Crippen molar-refractivity contribution in [2.24, 2.45) is 0 Å². The highest BCUT2D eigenvalue weighted by Crippen LogP contribution is 2.46. The van der Waals surface area contributed by atoms with Crippen LogP contribution in [-0.2, 0) is 4.74 Å². The van der Waals surface area contributed by atoms with E-state index >= 15 is 0 Å². The Morgan fingerprint density at radius 1 is 1.20 bits per heavy atom. The predicted octanol–water partition coefficient (Wildman–Crippen LogP) is 3.35. The summed E-state index contributed by atoms with van der Waals surface area (Å²) >= 11 is 0. The molecule has 0 bridgehead atoms. The van der Waals surface area contributed by atoms with E-state index in [0.29, 0.717) is 6.42 Å². The molecule has 2 rings (SSSR count). The van der Waals surface area contributed by atoms with Crippen LogP contribution in [0.3, 0.4) is 0 Å². The van der Waals surface area contributed by atoms with E-state index in [1.54, 1.807) is 7.11 Å². The van der Waals surface area contributed by atoms with Crippen molar-refractivity contribution in [3.8, 4) is 11.8 Å². The zero-order valence-electron chi connectivity index (χ0n) is 12.8. The molecule has 1 heterocycles. The predicted molar refractivity (Wildman–Crippen MR) is 78.8 cm³/mol. The molecule has 0 saturated carbocycles. The SMILES string of the molecule is COc1ccc(NC2(C#N)CC(C)(C)OC2(C)C)cc1. The fourth-order valence-corrected chi connectivity index (χ4v) is 2.98. The second-order valence-corrected chi connectivity index (χ2v) is 6.42. The van der Waals surface area contributed by atoms with Crippen molar-refractivity contribution in [2.45, 2.75) is 50.9 Å². The van der Waals surface area contributed by atoms with Gasteiger partial charge in [-0.1, -0.05) is 0 Å². The normalized spacial score (nSPS) is 26.8. The molecule has 1 N–H and O–H groups in total. The number of methoxy groups -OCH3 is 1. The van der Waals surface area contributed by atoms with Gasteiger partial charge in [-0.15, -0.1) is 0 Å². The fraction of sp³-hybridized carbons (Fsp3) is 0.562. The quantitative estimate of drug-likeness (QED) is 0.918. The molecule has 0 aromatic heterocycles. The maximum atomic E-state index is 9.73. The summed E-state index contributed by atoms with van der Waals surface area (Å²) in [5, 5.41) is 13.1. The van der Waals surface area contributed by atoms with Gasteiger partial charge in [0.05, 0.1) is 24.4 Å². The number of nitriles is 1. The molecule has 4 nitrogen and oxygen atoms in total. The van der Waals surface area contributed by atoms with Gasteiger partial charge in [0.15, 0.2) is 5.54 Å². The van der Waals surface area contributed by atoms with Crippen LogP contribution in [0.4, 0.5) is 5.69 Å². The van der Waals surface area contributed by atoms with Gasteiger partial charge in [0.25, 0.3) is 0 Å². The van der Waals surface area contributed by atoms with Gasteiger partial charge in [-0.2, -0.15) is 5.26 Å². The summed E-state index contributed by atoms with van der Waals surface area (Å²) in [7, 11) is 1.63. The van der Waals surface area contributed by atoms with Crippen LogP contribution in [0.25, 0.3) is 0 Å². The molecule has 0 radical (unpaired) electrons. The topological polar surface area (TPSA) is 54.3 Å². The molecule has 0 amide bonds. The summed E-state index contributed by atoms with van der Waals surface area (Å²) in [6.07, 6.45) is 0.634. The monoisotopic (exact) mass is 274 g/mol. The Morgan fingerprint density at radius 3 is 2.20 bits per heavy atom. The van der Waals surface area contributed by atoms with E-state index < -0.39 is 11.1 Å². The first-order valence-electron chi connectivity index (χ1n) is 6.77. The van der Waals surface area contributed by atoms with Crippen LogP contribution in [0.1, 0.15) is 34.1 Å². The minimum Gasteiger partial charge on any atom is -0.497 e. The standard InChI is InChI=1S/C16H22N2O2/c1-14(2)10-16(11-17,15(3,4)20-14)18-12-6-8-13(19-5)9-7-12/h6-9,18H,10H2,1-5H3. The lowest BCUT2D eigenvalue weighted by molar-refractivity contribution is -0.0713. The van der Waals surface area contributed by atoms with Gasteiger partial charge in [0.1, 0.15) is 5.75 Å². The number of rotatable bonds is 3. The van der Waals surface area contributed by atoms with Crippen LogP contribution >= 0.6 is 0 Å². The highest BCUT2D eigenvalue weighted by atomic mass is 16.5. The number of nitrogens with one attached hydrogen (secondary N) is 1. The molecule has 108 valence electrons. The van der Waals surface area contributed by atoms with Crippen molar-refractivity contribution in [1.82, 2.24) is 0 Å². The molecule has 1 fully saturated rings. The smallest absolute Gasteiger partial charge is 0.156 e. The third-order valence-electron chi connectivity index (χ3n) is 3.89. The van der Waals surface area contributed by atoms with Gasteiger partial charge in [-0.25, -0.2) is 0 Å². The maximum Gasteiger partial charge on any atom is 0.156 e. The fourth-order valence-electron chi connectivity index (χ4n) is 2.98. The summed E-state index contributed by atoms with van der Waals surface area (Å²) in [5.74, 6) is 0.795. The van der Waals surface area contributed by atoms with Crippen LogP contribution in [0, 0.1) is 11.3 Å². The van der Waals surface area contributed by atoms with E-state index in [9.17, 15) is 5.26 Å². The summed E-state index contributed by atoms with van der Waals surface area (Å²) in [5.41, 5.74) is -0.740. The Balaban J connectivity index is 2.30. The average molecular weight is 274 g/mol. The Kier molecular flexibility index (Phi) is 3.43. The molecule has 1 atom stereocenters. The molecule has 4 heteroatoms. The summed E-state index contributed by atoms with van der Waals surface area (Å²) in [6.45, 7) is 7.95. The molecule has 1 aromatic rings. The first kappa shape index (κ1) is 14.7. The van der Waals surface area contributed by atoms with Gasteiger partial charge in [-0.05, 0) is 52.0 Å². The van der Waals surface area contributed by atoms with Crippen LogP contribution in [0.15, 0.2) is 24.3 Å². The first-order valence-corrected chi connectivity index (χ1v) is 6.77. The van der Waals surface area contributed by atoms with Gasteiger partial charge in [0.2, 0.25) is 0 Å². The van der Waals surface area contributed by atoms with E-state index in [1.165, 1.54) is 0 Å². The van der Waals surface area contributed by atoms with Crippen LogP contribution in [0.5, 0.6) is 5.75 Å². The molecule has 1 aliphatic heterocycles. The third kappa shape index (κ3) is 2.46. The molecule has 1 saturated heterocycles. The lowest BCUT2D eigenvalue weighted by Gasteiger charge is -2.35. The number of hydrogen-bond donors (Lipinski definition) is 1. The van der Waals surface area contributed by atoms with Crippen LogP contribution in [0.2, 0.25) is 0 Å². The van der Waals surface area contributed by atoms with Crippen molar-refractivity contribution < 1.29 is 9.47 Å². The van der Waals surface area contributed by atoms with Gasteiger partial charge in [-0.3, -0.25) is 0 Å². The Bertz CT molecular complexity index is 528. The molecule has 0 aliphatic carbocycles. The highest BCUT2D eigenvalue weighted by molar-refractivity contribution is 5.52. The lowest BCUT2D eigenvalue weighted by atomic mass is 9.80. The third-order valence-corrected chi connectivity index (χ3v) is 3.89. The highest BCUT2D eigenvalue weighted by Gasteiger charge is 2.58. The first-order chi connectivity index (χ1) is 9.24. The van der Waals surface area contributed by atoms with Gasteiger partial charge in [0, 0.05) is 12.1 Å². The number of anilines is 1. The van der Waals surface area contributed by atoms with Crippen molar-refractivity contribution >= 4 is 5.69 Å². The van der Waals surface area contributed by atoms with Crippen molar-refractivity contribution in [1.29, 1.82) is 5.26 Å². The Hall–Kier alpha value is -1.73. The number of nitrogens with zero attached hydrogens (tertiary/aromatic N) is 1. The molecule has 1 unspecified atom stereocenters. The number of hydrogen-bond acceptors (Lipinski definition) is 4. The molecule has 20 heavy (non-hydrogen) atoms. The van der Waals surface area contributed by atoms with Crippen LogP contribution in [-0.4, -0.2) is 23.9 Å². The van der Waals surface area contributed by atoms with Gasteiger partial charge >= 0.3 is 0 Å². The van der Waals surface area contributed by atoms with E-state index in [0.717, 1.165) is 11.4 Å². The maximum absolute atomic E-state index is 9.73. The van der Waals surface area contributed by atoms with E-state index in [-0.39, 0.29) is 5.60 Å². The zero-order chi connectivity index (χ0) is 15.0. The second kappa shape index (κ2) is 4.68. The second-order valence-electron chi connectivity index (χ2n) is 6.42. The largest absolute Gasteiger partial charge is 0.497 e. The number of benzene rings is 1. The van der Waals surface area contributed by atoms with Crippen molar-refractivity contribution in [3.63, 3.8) is 0 Å². The molecule has 0 spiro atoms. The summed E-state index contributed by atoms with van der Waals surface area (Å²) < 4.78 is 11.2. The molecule has 1 aromatic carbocycles. The lowest BCUT2D eigenvalue weighted by Crippen LogP contribution is -2.51. The molecule has 1 aliphatic rings. The zero-order valence-corrected chi connectivity index (χ0v) is 12.8. The summed E-state index contributed by atoms with van der Waals surface area (Å²) in [6, 6.07) is 10.0. The van der Waals surface area contributed by atoms with E-state index in [2.05, 4.69) is 11.4 Å². The van der Waals surface area contributed by atoms with E-state index in [1.807, 2.05) is 52.0 Å². The minimum atomic E-state index is -0.745. The van der Waals surface area contributed by atoms with Crippen LogP contribution < -0.4 is 10.1 Å². The minimum absolute atomic E-state index is 0.321. The van der Waals surface area contributed by atoms with Crippen molar-refractivity contribution in [2.75, 3.05) is 12.4 Å². The number of ether oxygens (including phenoxy) is 2.